The summed E-state index contributed by atoms with van der Waals surface area (Å²) in [5.41, 5.74) is -0.509. The number of rotatable bonds is 2. The van der Waals surface area contributed by atoms with Gasteiger partial charge in [-0.1, -0.05) is 11.3 Å². The standard InChI is InChI=1S/C9H14N2O3S/c1-9(2,3)14-8(12)11-7-10-5-6(13-4)15-7/h5H,1-4H3,(H,10,11,12). The molecule has 0 aromatic carbocycles. The fraction of sp³-hybridized carbons (Fsp3) is 0.556. The van der Waals surface area contributed by atoms with Crippen LogP contribution in [0, 0.1) is 0 Å². The van der Waals surface area contributed by atoms with Crippen LogP contribution in [0.2, 0.25) is 0 Å². The number of nitrogens with one attached hydrogen (secondary N) is 1. The Kier molecular flexibility index (Phi) is 3.52. The fourth-order valence-electron chi connectivity index (χ4n) is 0.802. The van der Waals surface area contributed by atoms with Crippen LogP contribution in [0.3, 0.4) is 0 Å². The van der Waals surface area contributed by atoms with Crippen LogP contribution in [0.25, 0.3) is 0 Å². The number of amides is 1. The molecule has 0 saturated carbocycles. The van der Waals surface area contributed by atoms with Crippen molar-refractivity contribution in [2.45, 2.75) is 26.4 Å². The monoisotopic (exact) mass is 230 g/mol. The summed E-state index contributed by atoms with van der Waals surface area (Å²) in [4.78, 5) is 15.3. The average molecular weight is 230 g/mol. The smallest absolute Gasteiger partial charge is 0.413 e. The van der Waals surface area contributed by atoms with Gasteiger partial charge in [0.1, 0.15) is 5.60 Å². The minimum Gasteiger partial charge on any atom is -0.486 e. The van der Waals surface area contributed by atoms with Crippen LogP contribution in [-0.2, 0) is 4.74 Å². The van der Waals surface area contributed by atoms with Crippen molar-refractivity contribution < 1.29 is 14.3 Å². The topological polar surface area (TPSA) is 60.5 Å². The molecular weight excluding hydrogens is 216 g/mol. The van der Waals surface area contributed by atoms with Gasteiger partial charge < -0.3 is 9.47 Å². The summed E-state index contributed by atoms with van der Waals surface area (Å²) in [7, 11) is 1.55. The Morgan fingerprint density at radius 2 is 2.20 bits per heavy atom. The number of carbonyl (C=O) groups is 1. The zero-order chi connectivity index (χ0) is 11.5. The van der Waals surface area contributed by atoms with E-state index in [0.717, 1.165) is 0 Å². The SMILES string of the molecule is COc1cnc(NC(=O)OC(C)(C)C)s1. The molecule has 0 saturated heterocycles. The summed E-state index contributed by atoms with van der Waals surface area (Å²) in [6, 6.07) is 0. The minimum absolute atomic E-state index is 0.459. The lowest BCUT2D eigenvalue weighted by atomic mass is 10.2. The van der Waals surface area contributed by atoms with E-state index in [0.29, 0.717) is 10.2 Å². The summed E-state index contributed by atoms with van der Waals surface area (Å²) in [6.07, 6.45) is 1.02. The van der Waals surface area contributed by atoms with Gasteiger partial charge in [-0.3, -0.25) is 5.32 Å². The Hall–Kier alpha value is -1.30. The first-order chi connectivity index (χ1) is 6.90. The van der Waals surface area contributed by atoms with E-state index in [-0.39, 0.29) is 0 Å². The maximum Gasteiger partial charge on any atom is 0.413 e. The van der Waals surface area contributed by atoms with Crippen molar-refractivity contribution in [1.82, 2.24) is 4.98 Å². The van der Waals surface area contributed by atoms with Gasteiger partial charge in [0.25, 0.3) is 0 Å². The predicted octanol–water partition coefficient (Wildman–Crippen LogP) is 2.50. The van der Waals surface area contributed by atoms with Crippen molar-refractivity contribution in [3.05, 3.63) is 6.20 Å². The van der Waals surface area contributed by atoms with E-state index < -0.39 is 11.7 Å². The van der Waals surface area contributed by atoms with E-state index in [1.165, 1.54) is 17.5 Å². The van der Waals surface area contributed by atoms with E-state index in [4.69, 9.17) is 9.47 Å². The molecule has 0 fully saturated rings. The summed E-state index contributed by atoms with van der Waals surface area (Å²) < 4.78 is 10.0. The third kappa shape index (κ3) is 4.16. The van der Waals surface area contributed by atoms with Crippen molar-refractivity contribution >= 4 is 22.6 Å². The molecule has 0 bridgehead atoms. The summed E-state index contributed by atoms with van der Waals surface area (Å²) in [5.74, 6) is 0. The van der Waals surface area contributed by atoms with Gasteiger partial charge in [0, 0.05) is 0 Å². The third-order valence-electron chi connectivity index (χ3n) is 1.29. The van der Waals surface area contributed by atoms with Crippen molar-refractivity contribution in [3.63, 3.8) is 0 Å². The molecule has 5 nitrogen and oxygen atoms in total. The first-order valence-corrected chi connectivity index (χ1v) is 5.22. The highest BCUT2D eigenvalue weighted by Crippen LogP contribution is 2.25. The molecule has 15 heavy (non-hydrogen) atoms. The lowest BCUT2D eigenvalue weighted by Gasteiger charge is -2.18. The summed E-state index contributed by atoms with van der Waals surface area (Å²) in [6.45, 7) is 5.40. The van der Waals surface area contributed by atoms with Crippen LogP contribution in [0.5, 0.6) is 5.06 Å². The van der Waals surface area contributed by atoms with Crippen LogP contribution in [0.4, 0.5) is 9.93 Å². The predicted molar refractivity (Wildman–Crippen MR) is 58.5 cm³/mol. The van der Waals surface area contributed by atoms with E-state index in [2.05, 4.69) is 10.3 Å². The van der Waals surface area contributed by atoms with Crippen molar-refractivity contribution in [1.29, 1.82) is 0 Å². The zero-order valence-electron chi connectivity index (χ0n) is 9.16. The summed E-state index contributed by atoms with van der Waals surface area (Å²) >= 11 is 1.24. The number of aromatic nitrogens is 1. The van der Waals surface area contributed by atoms with E-state index in [9.17, 15) is 4.79 Å². The number of carbonyl (C=O) groups excluding carboxylic acids is 1. The average Bonchev–Trinajstić information content (AvgIpc) is 2.48. The molecule has 1 aromatic rings. The molecule has 0 radical (unpaired) electrons. The molecule has 0 unspecified atom stereocenters. The highest BCUT2D eigenvalue weighted by molar-refractivity contribution is 7.17. The van der Waals surface area contributed by atoms with Gasteiger partial charge in [0.05, 0.1) is 13.3 Å². The quantitative estimate of drug-likeness (QED) is 0.848. The molecule has 0 spiro atoms. The number of hydrogen-bond acceptors (Lipinski definition) is 5. The molecular formula is C9H14N2O3S. The first kappa shape index (κ1) is 11.8. The summed E-state index contributed by atoms with van der Waals surface area (Å²) in [5, 5.41) is 3.62. The van der Waals surface area contributed by atoms with E-state index in [1.807, 2.05) is 0 Å². The Labute approximate surface area is 92.4 Å². The van der Waals surface area contributed by atoms with Crippen LogP contribution in [-0.4, -0.2) is 23.8 Å². The van der Waals surface area contributed by atoms with Crippen molar-refractivity contribution in [2.75, 3.05) is 12.4 Å². The number of ether oxygens (including phenoxy) is 2. The first-order valence-electron chi connectivity index (χ1n) is 4.40. The second-order valence-electron chi connectivity index (χ2n) is 3.82. The molecule has 0 aliphatic heterocycles. The molecule has 0 aliphatic carbocycles. The molecule has 1 aromatic heterocycles. The lowest BCUT2D eigenvalue weighted by Crippen LogP contribution is -2.27. The number of hydrogen-bond donors (Lipinski definition) is 1. The fourth-order valence-corrected chi connectivity index (χ4v) is 1.42. The number of anilines is 1. The van der Waals surface area contributed by atoms with E-state index in [1.54, 1.807) is 27.9 Å². The van der Waals surface area contributed by atoms with Gasteiger partial charge in [-0.05, 0) is 20.8 Å². The molecule has 1 rings (SSSR count). The lowest BCUT2D eigenvalue weighted by molar-refractivity contribution is 0.0636. The highest BCUT2D eigenvalue weighted by atomic mass is 32.1. The number of thiazole rings is 1. The van der Waals surface area contributed by atoms with Crippen LogP contribution in [0.1, 0.15) is 20.8 Å². The van der Waals surface area contributed by atoms with Gasteiger partial charge in [0.2, 0.25) is 0 Å². The van der Waals surface area contributed by atoms with Crippen LogP contribution in [0.15, 0.2) is 6.20 Å². The number of nitrogens with zero attached hydrogens (tertiary/aromatic N) is 1. The molecule has 1 N–H and O–H groups in total. The molecule has 0 atom stereocenters. The molecule has 1 heterocycles. The van der Waals surface area contributed by atoms with Crippen LogP contribution < -0.4 is 10.1 Å². The maximum absolute atomic E-state index is 11.3. The van der Waals surface area contributed by atoms with Crippen LogP contribution >= 0.6 is 11.3 Å². The molecule has 1 amide bonds. The maximum atomic E-state index is 11.3. The Balaban J connectivity index is 2.51. The van der Waals surface area contributed by atoms with Crippen molar-refractivity contribution in [2.24, 2.45) is 0 Å². The minimum atomic E-state index is -0.514. The van der Waals surface area contributed by atoms with Gasteiger partial charge >= 0.3 is 6.09 Å². The zero-order valence-corrected chi connectivity index (χ0v) is 9.97. The van der Waals surface area contributed by atoms with E-state index >= 15 is 0 Å². The second kappa shape index (κ2) is 4.48. The normalized spacial score (nSPS) is 10.9. The third-order valence-corrected chi connectivity index (χ3v) is 2.17. The highest BCUT2D eigenvalue weighted by Gasteiger charge is 2.17. The van der Waals surface area contributed by atoms with Gasteiger partial charge in [-0.25, -0.2) is 9.78 Å². The largest absolute Gasteiger partial charge is 0.486 e. The molecule has 6 heteroatoms. The Morgan fingerprint density at radius 1 is 1.53 bits per heavy atom. The van der Waals surface area contributed by atoms with Crippen molar-refractivity contribution in [3.8, 4) is 5.06 Å². The second-order valence-corrected chi connectivity index (χ2v) is 4.81. The number of methoxy groups -OCH3 is 1. The van der Waals surface area contributed by atoms with Gasteiger partial charge in [-0.15, -0.1) is 0 Å². The van der Waals surface area contributed by atoms with Gasteiger partial charge in [0.15, 0.2) is 10.2 Å². The molecule has 84 valence electrons. The molecule has 0 aliphatic rings. The Morgan fingerprint density at radius 3 is 2.67 bits per heavy atom. The Bertz CT molecular complexity index is 343. The van der Waals surface area contributed by atoms with Gasteiger partial charge in [-0.2, -0.15) is 0 Å².